The van der Waals surface area contributed by atoms with E-state index in [0.29, 0.717) is 40.1 Å². The Morgan fingerprint density at radius 3 is 2.53 bits per heavy atom. The third kappa shape index (κ3) is 4.65. The van der Waals surface area contributed by atoms with Gasteiger partial charge in [-0.15, -0.1) is 0 Å². The van der Waals surface area contributed by atoms with E-state index >= 15 is 0 Å². The molecule has 2 aromatic heterocycles. The normalized spacial score (nSPS) is 13.4. The Balaban J connectivity index is 1.39. The minimum atomic E-state index is -0.567. The average Bonchev–Trinajstić information content (AvgIpc) is 3.56. The predicted molar refractivity (Wildman–Crippen MR) is 135 cm³/mol. The van der Waals surface area contributed by atoms with Crippen LogP contribution in [0.2, 0.25) is 0 Å². The lowest BCUT2D eigenvalue weighted by molar-refractivity contribution is -0.119. The third-order valence-electron chi connectivity index (χ3n) is 5.98. The summed E-state index contributed by atoms with van der Waals surface area (Å²) in [4.78, 5) is 30.7. The molecule has 8 heteroatoms. The number of fused-ring (bicyclic) bond motifs is 2. The van der Waals surface area contributed by atoms with Crippen LogP contribution in [0.4, 0.5) is 5.69 Å². The maximum absolute atomic E-state index is 13.3. The van der Waals surface area contributed by atoms with Crippen LogP contribution in [0, 0.1) is 0 Å². The first-order valence-electron chi connectivity index (χ1n) is 11.4. The number of methoxy groups -OCH3 is 2. The van der Waals surface area contributed by atoms with E-state index in [2.05, 4.69) is 5.32 Å². The summed E-state index contributed by atoms with van der Waals surface area (Å²) in [6.07, 6.45) is 4.92. The lowest BCUT2D eigenvalue weighted by Crippen LogP contribution is -2.21. The molecule has 0 aliphatic heterocycles. The molecule has 0 radical (unpaired) electrons. The fraction of sp³-hybridized carbons (Fsp3) is 0.179. The molecular weight excluding hydrogens is 460 g/mol. The van der Waals surface area contributed by atoms with Crippen LogP contribution in [0.3, 0.4) is 0 Å². The van der Waals surface area contributed by atoms with Crippen molar-refractivity contribution in [1.29, 1.82) is 0 Å². The molecule has 0 unspecified atom stereocenters. The van der Waals surface area contributed by atoms with Crippen LogP contribution >= 0.6 is 0 Å². The van der Waals surface area contributed by atoms with Gasteiger partial charge in [0.25, 0.3) is 5.91 Å². The van der Waals surface area contributed by atoms with Gasteiger partial charge in [-0.25, -0.2) is 9.78 Å². The maximum atomic E-state index is 13.3. The smallest absolute Gasteiger partial charge is 0.339 e. The summed E-state index contributed by atoms with van der Waals surface area (Å²) in [5.41, 5.74) is 4.15. The van der Waals surface area contributed by atoms with E-state index in [1.54, 1.807) is 24.5 Å². The molecule has 1 aliphatic rings. The molecule has 0 saturated carbocycles. The lowest BCUT2D eigenvalue weighted by Gasteiger charge is -2.13. The van der Waals surface area contributed by atoms with Crippen molar-refractivity contribution in [3.05, 3.63) is 83.4 Å². The molecule has 2 aromatic carbocycles. The molecule has 36 heavy (non-hydrogen) atoms. The van der Waals surface area contributed by atoms with Crippen LogP contribution in [0.15, 0.2) is 65.3 Å². The Bertz CT molecular complexity index is 1450. The zero-order valence-electron chi connectivity index (χ0n) is 19.9. The second kappa shape index (κ2) is 9.95. The van der Waals surface area contributed by atoms with Crippen molar-refractivity contribution in [1.82, 2.24) is 4.98 Å². The summed E-state index contributed by atoms with van der Waals surface area (Å²) in [5, 5.41) is 3.40. The number of para-hydroxylation sites is 1. The lowest BCUT2D eigenvalue weighted by atomic mass is 10.0. The number of carbonyl (C=O) groups excluding carboxylic acids is 2. The quantitative estimate of drug-likeness (QED) is 0.363. The predicted octanol–water partition coefficient (Wildman–Crippen LogP) is 5.13. The fourth-order valence-electron chi connectivity index (χ4n) is 4.34. The number of furan rings is 1. The number of aromatic nitrogens is 1. The van der Waals surface area contributed by atoms with E-state index in [1.165, 1.54) is 14.2 Å². The molecule has 4 aromatic rings. The first kappa shape index (κ1) is 23.2. The van der Waals surface area contributed by atoms with Gasteiger partial charge in [0.15, 0.2) is 6.61 Å². The number of anilines is 1. The van der Waals surface area contributed by atoms with Crippen molar-refractivity contribution in [2.75, 3.05) is 26.1 Å². The van der Waals surface area contributed by atoms with Gasteiger partial charge in [0.2, 0.25) is 0 Å². The van der Waals surface area contributed by atoms with Crippen molar-refractivity contribution in [2.24, 2.45) is 0 Å². The first-order chi connectivity index (χ1) is 17.6. The van der Waals surface area contributed by atoms with Gasteiger partial charge in [-0.2, -0.15) is 0 Å². The molecule has 1 N–H and O–H groups in total. The summed E-state index contributed by atoms with van der Waals surface area (Å²) in [5.74, 6) is 0.732. The van der Waals surface area contributed by atoms with Gasteiger partial charge in [0, 0.05) is 29.3 Å². The number of pyridine rings is 1. The SMILES string of the molecule is COc1cc(NC(=O)COC(=O)c2c3c(nc4ccccc24)C(=Cc2ccco2)CC3)cc(OC)c1. The number of benzene rings is 2. The number of nitrogens with zero attached hydrogens (tertiary/aromatic N) is 1. The summed E-state index contributed by atoms with van der Waals surface area (Å²) in [6, 6.07) is 16.1. The summed E-state index contributed by atoms with van der Waals surface area (Å²) >= 11 is 0. The number of carbonyl (C=O) groups is 2. The van der Waals surface area contributed by atoms with E-state index in [-0.39, 0.29) is 0 Å². The van der Waals surface area contributed by atoms with Crippen LogP contribution in [-0.2, 0) is 16.0 Å². The van der Waals surface area contributed by atoms with Gasteiger partial charge in [-0.3, -0.25) is 4.79 Å². The van der Waals surface area contributed by atoms with Crippen LogP contribution in [-0.4, -0.2) is 37.7 Å². The molecule has 0 saturated heterocycles. The number of hydrogen-bond donors (Lipinski definition) is 1. The molecule has 5 rings (SSSR count). The summed E-state index contributed by atoms with van der Waals surface area (Å²) in [6.45, 7) is -0.446. The molecule has 0 spiro atoms. The zero-order valence-corrected chi connectivity index (χ0v) is 19.9. The number of allylic oxidation sites excluding steroid dienone is 1. The van der Waals surface area contributed by atoms with E-state index < -0.39 is 18.5 Å². The topological polar surface area (TPSA) is 99.9 Å². The Morgan fingerprint density at radius 1 is 1.03 bits per heavy atom. The van der Waals surface area contributed by atoms with Gasteiger partial charge in [-0.1, -0.05) is 18.2 Å². The van der Waals surface area contributed by atoms with Gasteiger partial charge in [0.05, 0.1) is 37.3 Å². The summed E-state index contributed by atoms with van der Waals surface area (Å²) in [7, 11) is 3.05. The first-order valence-corrected chi connectivity index (χ1v) is 11.4. The van der Waals surface area contributed by atoms with Crippen molar-refractivity contribution < 1.29 is 28.2 Å². The van der Waals surface area contributed by atoms with E-state index in [4.69, 9.17) is 23.6 Å². The Morgan fingerprint density at radius 2 is 1.81 bits per heavy atom. The molecular formula is C28H24N2O6. The van der Waals surface area contributed by atoms with Crippen LogP contribution < -0.4 is 14.8 Å². The second-order valence-electron chi connectivity index (χ2n) is 8.24. The van der Waals surface area contributed by atoms with Crippen molar-refractivity contribution >= 4 is 40.1 Å². The van der Waals surface area contributed by atoms with E-state index in [1.807, 2.05) is 42.5 Å². The van der Waals surface area contributed by atoms with E-state index in [9.17, 15) is 9.59 Å². The standard InChI is InChI=1S/C28H24N2O6/c1-33-20-13-18(14-21(15-20)34-2)29-25(31)16-36-28(32)26-22-7-3-4-8-24(22)30-27-17(9-10-23(26)27)12-19-6-5-11-35-19/h3-8,11-15H,9-10,16H2,1-2H3,(H,29,31). The number of amides is 1. The van der Waals surface area contributed by atoms with Crippen LogP contribution in [0.1, 0.15) is 33.8 Å². The summed E-state index contributed by atoms with van der Waals surface area (Å²) < 4.78 is 21.4. The zero-order chi connectivity index (χ0) is 25.1. The molecule has 8 nitrogen and oxygen atoms in total. The van der Waals surface area contributed by atoms with Crippen molar-refractivity contribution in [3.8, 4) is 11.5 Å². The number of hydrogen-bond acceptors (Lipinski definition) is 7. The number of rotatable bonds is 7. The molecule has 182 valence electrons. The van der Waals surface area contributed by atoms with Gasteiger partial charge >= 0.3 is 5.97 Å². The highest BCUT2D eigenvalue weighted by atomic mass is 16.5. The monoisotopic (exact) mass is 484 g/mol. The maximum Gasteiger partial charge on any atom is 0.339 e. The second-order valence-corrected chi connectivity index (χ2v) is 8.24. The molecule has 1 amide bonds. The van der Waals surface area contributed by atoms with Gasteiger partial charge in [-0.05, 0) is 48.3 Å². The molecule has 0 bridgehead atoms. The number of esters is 1. The highest BCUT2D eigenvalue weighted by molar-refractivity contribution is 6.08. The van der Waals surface area contributed by atoms with Crippen molar-refractivity contribution in [2.45, 2.75) is 12.8 Å². The average molecular weight is 485 g/mol. The Hall–Kier alpha value is -4.59. The van der Waals surface area contributed by atoms with Gasteiger partial charge < -0.3 is 23.9 Å². The molecule has 0 fully saturated rings. The molecule has 2 heterocycles. The van der Waals surface area contributed by atoms with E-state index in [0.717, 1.165) is 29.0 Å². The number of ether oxygens (including phenoxy) is 3. The van der Waals surface area contributed by atoms with Crippen molar-refractivity contribution in [3.63, 3.8) is 0 Å². The van der Waals surface area contributed by atoms with Gasteiger partial charge in [0.1, 0.15) is 17.3 Å². The fourth-order valence-corrected chi connectivity index (χ4v) is 4.34. The third-order valence-corrected chi connectivity index (χ3v) is 5.98. The number of nitrogens with one attached hydrogen (secondary N) is 1. The highest BCUT2D eigenvalue weighted by Gasteiger charge is 2.28. The highest BCUT2D eigenvalue weighted by Crippen LogP contribution is 2.38. The molecule has 0 atom stereocenters. The minimum absolute atomic E-state index is 0.439. The molecule has 1 aliphatic carbocycles. The van der Waals surface area contributed by atoms with Crippen LogP contribution in [0.25, 0.3) is 22.6 Å². The largest absolute Gasteiger partial charge is 0.497 e. The Kier molecular flexibility index (Phi) is 6.40. The van der Waals surface area contributed by atoms with Crippen LogP contribution in [0.5, 0.6) is 11.5 Å². The minimum Gasteiger partial charge on any atom is -0.497 e. The Labute approximate surface area is 207 Å².